The van der Waals surface area contributed by atoms with Crippen LogP contribution < -0.4 is 21.1 Å². The minimum absolute atomic E-state index is 0.156. The molecule has 2 atom stereocenters. The monoisotopic (exact) mass is 293 g/mol. The molecule has 0 spiro atoms. The van der Waals surface area contributed by atoms with Gasteiger partial charge in [-0.05, 0) is 13.8 Å². The summed E-state index contributed by atoms with van der Waals surface area (Å²) in [7, 11) is 1.87. The van der Waals surface area contributed by atoms with Crippen LogP contribution in [0.5, 0.6) is 0 Å². The van der Waals surface area contributed by atoms with Crippen LogP contribution in [-0.2, 0) is 4.79 Å². The molecule has 1 aliphatic rings. The van der Waals surface area contributed by atoms with Crippen molar-refractivity contribution in [2.75, 3.05) is 22.6 Å². The Kier molecular flexibility index (Phi) is 3.69. The first kappa shape index (κ1) is 15.3. The SMILES string of the molecule is C[C@H]1Nc2nc(NC(=O)C(C)(C)C)[nH]c(=O)c2N(C)[C@H]1C. The number of rotatable bonds is 1. The van der Waals surface area contributed by atoms with E-state index >= 15 is 0 Å². The molecule has 0 unspecified atom stereocenters. The lowest BCUT2D eigenvalue weighted by atomic mass is 9.96. The van der Waals surface area contributed by atoms with E-state index in [1.54, 1.807) is 20.8 Å². The molecular weight excluding hydrogens is 270 g/mol. The predicted molar refractivity (Wildman–Crippen MR) is 83.9 cm³/mol. The van der Waals surface area contributed by atoms with Gasteiger partial charge in [-0.1, -0.05) is 20.8 Å². The minimum Gasteiger partial charge on any atom is -0.364 e. The van der Waals surface area contributed by atoms with Crippen molar-refractivity contribution in [3.8, 4) is 0 Å². The average molecular weight is 293 g/mol. The Labute approximate surface area is 124 Å². The van der Waals surface area contributed by atoms with Gasteiger partial charge in [0.15, 0.2) is 5.82 Å². The third-order valence-corrected chi connectivity index (χ3v) is 3.86. The molecule has 0 saturated carbocycles. The number of nitrogens with zero attached hydrogens (tertiary/aromatic N) is 2. The molecule has 0 fully saturated rings. The standard InChI is InChI=1S/C14H23N5O2/c1-7-8(2)19(6)9-10(15-7)16-13(17-11(9)20)18-12(21)14(3,4)5/h7-8H,1-6H3,(H3,15,16,17,18,20,21)/t7-,8+/m1/s1. The van der Waals surface area contributed by atoms with Crippen LogP contribution in [0.3, 0.4) is 0 Å². The second-order valence-electron chi connectivity index (χ2n) is 6.60. The summed E-state index contributed by atoms with van der Waals surface area (Å²) < 4.78 is 0. The molecule has 1 aromatic heterocycles. The van der Waals surface area contributed by atoms with Gasteiger partial charge in [0.1, 0.15) is 5.69 Å². The highest BCUT2D eigenvalue weighted by Crippen LogP contribution is 2.28. The average Bonchev–Trinajstić information content (AvgIpc) is 2.34. The number of nitrogens with one attached hydrogen (secondary N) is 3. The van der Waals surface area contributed by atoms with Crippen molar-refractivity contribution in [1.82, 2.24) is 9.97 Å². The Morgan fingerprint density at radius 3 is 2.52 bits per heavy atom. The summed E-state index contributed by atoms with van der Waals surface area (Å²) in [6.45, 7) is 9.47. The van der Waals surface area contributed by atoms with E-state index in [1.165, 1.54) is 0 Å². The quantitative estimate of drug-likeness (QED) is 0.728. The molecule has 1 amide bonds. The Morgan fingerprint density at radius 2 is 1.95 bits per heavy atom. The van der Waals surface area contributed by atoms with Gasteiger partial charge in [-0.3, -0.25) is 19.9 Å². The second-order valence-corrected chi connectivity index (χ2v) is 6.60. The molecule has 1 aliphatic heterocycles. The van der Waals surface area contributed by atoms with E-state index in [-0.39, 0.29) is 29.5 Å². The largest absolute Gasteiger partial charge is 0.364 e. The van der Waals surface area contributed by atoms with Crippen molar-refractivity contribution in [1.29, 1.82) is 0 Å². The van der Waals surface area contributed by atoms with Crippen molar-refractivity contribution < 1.29 is 4.79 Å². The summed E-state index contributed by atoms with van der Waals surface area (Å²) in [5.74, 6) is 0.466. The van der Waals surface area contributed by atoms with Crippen LogP contribution in [0.1, 0.15) is 34.6 Å². The van der Waals surface area contributed by atoms with Gasteiger partial charge < -0.3 is 10.2 Å². The van der Waals surface area contributed by atoms with Crippen LogP contribution in [0.2, 0.25) is 0 Å². The van der Waals surface area contributed by atoms with Gasteiger partial charge in [-0.2, -0.15) is 4.98 Å². The van der Waals surface area contributed by atoms with E-state index in [0.717, 1.165) is 0 Å². The summed E-state index contributed by atoms with van der Waals surface area (Å²) in [6, 6.07) is 0.332. The molecule has 116 valence electrons. The maximum Gasteiger partial charge on any atom is 0.278 e. The molecule has 1 aromatic rings. The first-order valence-corrected chi connectivity index (χ1v) is 7.06. The number of hydrogen-bond donors (Lipinski definition) is 3. The molecular formula is C14H23N5O2. The minimum atomic E-state index is -0.555. The highest BCUT2D eigenvalue weighted by atomic mass is 16.2. The normalized spacial score (nSPS) is 21.5. The third-order valence-electron chi connectivity index (χ3n) is 3.86. The first-order valence-electron chi connectivity index (χ1n) is 7.06. The lowest BCUT2D eigenvalue weighted by Gasteiger charge is -2.37. The maximum atomic E-state index is 12.2. The van der Waals surface area contributed by atoms with Crippen molar-refractivity contribution >= 4 is 23.4 Å². The van der Waals surface area contributed by atoms with E-state index in [9.17, 15) is 9.59 Å². The number of fused-ring (bicyclic) bond motifs is 1. The molecule has 7 nitrogen and oxygen atoms in total. The Hall–Kier alpha value is -2.05. The van der Waals surface area contributed by atoms with Crippen molar-refractivity contribution in [3.63, 3.8) is 0 Å². The Balaban J connectivity index is 2.38. The van der Waals surface area contributed by atoms with Crippen LogP contribution in [-0.4, -0.2) is 35.0 Å². The fourth-order valence-electron chi connectivity index (χ4n) is 2.12. The third kappa shape index (κ3) is 2.86. The number of aromatic amines is 1. The van der Waals surface area contributed by atoms with E-state index in [0.29, 0.717) is 11.5 Å². The number of carbonyl (C=O) groups excluding carboxylic acids is 1. The topological polar surface area (TPSA) is 90.1 Å². The van der Waals surface area contributed by atoms with Crippen LogP contribution in [0.15, 0.2) is 4.79 Å². The van der Waals surface area contributed by atoms with E-state index in [4.69, 9.17) is 0 Å². The predicted octanol–water partition coefficient (Wildman–Crippen LogP) is 1.39. The first-order chi connectivity index (χ1) is 9.61. The maximum absolute atomic E-state index is 12.2. The Bertz CT molecular complexity index is 617. The van der Waals surface area contributed by atoms with Crippen LogP contribution >= 0.6 is 0 Å². The zero-order chi connectivity index (χ0) is 15.9. The van der Waals surface area contributed by atoms with E-state index < -0.39 is 5.41 Å². The van der Waals surface area contributed by atoms with E-state index in [1.807, 2.05) is 25.8 Å². The lowest BCUT2D eigenvalue weighted by molar-refractivity contribution is -0.123. The molecule has 0 radical (unpaired) electrons. The van der Waals surface area contributed by atoms with E-state index in [2.05, 4.69) is 20.6 Å². The fourth-order valence-corrected chi connectivity index (χ4v) is 2.12. The van der Waals surface area contributed by atoms with Gasteiger partial charge in [0.05, 0.1) is 0 Å². The van der Waals surface area contributed by atoms with Crippen molar-refractivity contribution in [3.05, 3.63) is 10.4 Å². The molecule has 0 saturated heterocycles. The lowest BCUT2D eigenvalue weighted by Crippen LogP contribution is -2.48. The van der Waals surface area contributed by atoms with Crippen LogP contribution in [0.4, 0.5) is 17.5 Å². The number of anilines is 3. The summed E-state index contributed by atoms with van der Waals surface area (Å²) in [5.41, 5.74) is -0.326. The molecule has 3 N–H and O–H groups in total. The number of carbonyl (C=O) groups is 1. The molecule has 0 aliphatic carbocycles. The smallest absolute Gasteiger partial charge is 0.278 e. The van der Waals surface area contributed by atoms with Gasteiger partial charge >= 0.3 is 0 Å². The Morgan fingerprint density at radius 1 is 1.33 bits per heavy atom. The molecule has 0 bridgehead atoms. The second kappa shape index (κ2) is 5.05. The highest BCUT2D eigenvalue weighted by Gasteiger charge is 2.30. The van der Waals surface area contributed by atoms with Crippen molar-refractivity contribution in [2.24, 2.45) is 5.41 Å². The summed E-state index contributed by atoms with van der Waals surface area (Å²) in [5, 5.41) is 5.86. The number of likely N-dealkylation sites (N-methyl/N-ethyl adjacent to an activating group) is 1. The van der Waals surface area contributed by atoms with Gasteiger partial charge in [-0.15, -0.1) is 0 Å². The summed E-state index contributed by atoms with van der Waals surface area (Å²) in [4.78, 5) is 33.1. The molecule has 0 aromatic carbocycles. The van der Waals surface area contributed by atoms with Crippen LogP contribution in [0.25, 0.3) is 0 Å². The van der Waals surface area contributed by atoms with Gasteiger partial charge in [0, 0.05) is 24.5 Å². The summed E-state index contributed by atoms with van der Waals surface area (Å²) >= 11 is 0. The zero-order valence-electron chi connectivity index (χ0n) is 13.4. The van der Waals surface area contributed by atoms with Crippen LogP contribution in [0, 0.1) is 5.41 Å². The molecule has 2 heterocycles. The zero-order valence-corrected chi connectivity index (χ0v) is 13.4. The van der Waals surface area contributed by atoms with Gasteiger partial charge in [0.25, 0.3) is 5.56 Å². The number of hydrogen-bond acceptors (Lipinski definition) is 5. The molecule has 2 rings (SSSR count). The number of amides is 1. The summed E-state index contributed by atoms with van der Waals surface area (Å²) in [6.07, 6.45) is 0. The highest BCUT2D eigenvalue weighted by molar-refractivity contribution is 5.93. The van der Waals surface area contributed by atoms with Crippen molar-refractivity contribution in [2.45, 2.75) is 46.7 Å². The molecule has 7 heteroatoms. The number of H-pyrrole nitrogens is 1. The molecule has 21 heavy (non-hydrogen) atoms. The van der Waals surface area contributed by atoms with Gasteiger partial charge in [-0.25, -0.2) is 0 Å². The number of aromatic nitrogens is 2. The van der Waals surface area contributed by atoms with Gasteiger partial charge in [0.2, 0.25) is 11.9 Å². The fraction of sp³-hybridized carbons (Fsp3) is 0.643.